The van der Waals surface area contributed by atoms with E-state index in [1.165, 1.54) is 6.07 Å². The Labute approximate surface area is 146 Å². The van der Waals surface area contributed by atoms with Gasteiger partial charge in [-0.3, -0.25) is 0 Å². The van der Waals surface area contributed by atoms with Crippen LogP contribution in [-0.4, -0.2) is 17.1 Å². The molecule has 136 valence electrons. The van der Waals surface area contributed by atoms with Crippen molar-refractivity contribution < 1.29 is 24.7 Å². The number of rotatable bonds is 8. The number of carboxylic acids is 1. The minimum atomic E-state index is -1.14. The first kappa shape index (κ1) is 19.0. The lowest BCUT2D eigenvalue weighted by Gasteiger charge is -2.22. The summed E-state index contributed by atoms with van der Waals surface area (Å²) in [4.78, 5) is 23.3. The van der Waals surface area contributed by atoms with Crippen LogP contribution in [0.4, 0.5) is 0 Å². The van der Waals surface area contributed by atoms with Crippen molar-refractivity contribution in [3.05, 3.63) is 39.7 Å². The zero-order chi connectivity index (χ0) is 18.6. The predicted molar refractivity (Wildman–Crippen MR) is 92.0 cm³/mol. The summed E-state index contributed by atoms with van der Waals surface area (Å²) in [6.45, 7) is 5.97. The molecule has 6 nitrogen and oxygen atoms in total. The van der Waals surface area contributed by atoms with Gasteiger partial charge in [-0.25, -0.2) is 4.79 Å². The maximum absolute atomic E-state index is 11.9. The number of hydrogen-bond donors (Lipinski definition) is 2. The highest BCUT2D eigenvalue weighted by Gasteiger charge is 2.22. The van der Waals surface area contributed by atoms with Crippen molar-refractivity contribution >= 4 is 16.9 Å². The molecule has 0 aliphatic carbocycles. The second kappa shape index (κ2) is 8.16. The van der Waals surface area contributed by atoms with Crippen LogP contribution in [0, 0.1) is 5.92 Å². The summed E-state index contributed by atoms with van der Waals surface area (Å²) in [6.07, 6.45) is 2.30. The van der Waals surface area contributed by atoms with E-state index in [0.717, 1.165) is 23.8 Å². The molecule has 0 fully saturated rings. The fourth-order valence-corrected chi connectivity index (χ4v) is 3.07. The molecule has 0 amide bonds. The molecular formula is C19H25NO5. The number of fused-ring (bicyclic) bond motifs is 1. The Bertz CT molecular complexity index is 811. The summed E-state index contributed by atoms with van der Waals surface area (Å²) in [5.41, 5.74) is 1.16. The molecule has 0 aliphatic rings. The van der Waals surface area contributed by atoms with Gasteiger partial charge in [0.2, 0.25) is 0 Å². The van der Waals surface area contributed by atoms with Crippen LogP contribution in [0.25, 0.3) is 11.0 Å². The topological polar surface area (TPSA) is 107 Å². The van der Waals surface area contributed by atoms with Crippen molar-refractivity contribution in [3.63, 3.8) is 0 Å². The molecule has 1 aromatic carbocycles. The first-order valence-corrected chi connectivity index (χ1v) is 8.70. The van der Waals surface area contributed by atoms with Gasteiger partial charge in [0.05, 0.1) is 11.5 Å². The number of benzene rings is 1. The molecule has 2 aromatic rings. The van der Waals surface area contributed by atoms with Crippen LogP contribution < -0.4 is 16.0 Å². The zero-order valence-corrected chi connectivity index (χ0v) is 14.9. The van der Waals surface area contributed by atoms with Crippen molar-refractivity contribution in [1.29, 1.82) is 0 Å². The van der Waals surface area contributed by atoms with Gasteiger partial charge in [0, 0.05) is 17.4 Å². The summed E-state index contributed by atoms with van der Waals surface area (Å²) in [6, 6.07) is 4.03. The summed E-state index contributed by atoms with van der Waals surface area (Å²) < 4.78 is 5.34. The zero-order valence-electron chi connectivity index (χ0n) is 14.9. The molecule has 0 saturated heterocycles. The molecule has 0 saturated carbocycles. The Kier molecular flexibility index (Phi) is 6.20. The molecule has 0 unspecified atom stereocenters. The number of phenols is 1. The Morgan fingerprint density at radius 2 is 2.08 bits per heavy atom. The monoisotopic (exact) mass is 347 g/mol. The van der Waals surface area contributed by atoms with E-state index >= 15 is 0 Å². The van der Waals surface area contributed by atoms with Crippen molar-refractivity contribution in [3.8, 4) is 5.75 Å². The summed E-state index contributed by atoms with van der Waals surface area (Å²) in [5, 5.41) is 24.0. The highest BCUT2D eigenvalue weighted by Crippen LogP contribution is 2.28. The summed E-state index contributed by atoms with van der Waals surface area (Å²) >= 11 is 0. The van der Waals surface area contributed by atoms with Crippen LogP contribution >= 0.6 is 0 Å². The smallest absolute Gasteiger partial charge is 0.336 e. The van der Waals surface area contributed by atoms with E-state index < -0.39 is 17.6 Å². The highest BCUT2D eigenvalue weighted by atomic mass is 16.4. The van der Waals surface area contributed by atoms with Gasteiger partial charge in [0.25, 0.3) is 0 Å². The molecule has 2 atom stereocenters. The fraction of sp³-hybridized carbons (Fsp3) is 0.474. The number of carbonyl (C=O) groups is 1. The lowest BCUT2D eigenvalue weighted by molar-refractivity contribution is -0.704. The molecule has 6 heteroatoms. The lowest BCUT2D eigenvalue weighted by atomic mass is 9.98. The van der Waals surface area contributed by atoms with Gasteiger partial charge < -0.3 is 24.7 Å². The summed E-state index contributed by atoms with van der Waals surface area (Å²) in [7, 11) is 0. The van der Waals surface area contributed by atoms with Crippen LogP contribution in [0.15, 0.2) is 27.4 Å². The molecule has 0 spiro atoms. The molecule has 25 heavy (non-hydrogen) atoms. The van der Waals surface area contributed by atoms with Crippen LogP contribution in [-0.2, 0) is 17.8 Å². The summed E-state index contributed by atoms with van der Waals surface area (Å²) in [5.74, 6) is -1.23. The average molecular weight is 347 g/mol. The van der Waals surface area contributed by atoms with Gasteiger partial charge in [-0.2, -0.15) is 0 Å². The minimum absolute atomic E-state index is 0.0122. The number of aryl methyl sites for hydroxylation is 1. The quantitative estimate of drug-likeness (QED) is 0.683. The third-order valence-corrected chi connectivity index (χ3v) is 4.70. The van der Waals surface area contributed by atoms with Gasteiger partial charge in [-0.05, 0) is 30.5 Å². The standard InChI is InChI=1S/C19H25NO5/c1-4-6-12-9-16(22)25-18-13(12)7-8-15(21)14(18)10-20-17(19(23)24)11(3)5-2/h7-9,11,17,20-21H,4-6,10H2,1-3H3,(H,23,24)/t11-,17-/m0/s1. The van der Waals surface area contributed by atoms with Crippen LogP contribution in [0.5, 0.6) is 5.75 Å². The minimum Gasteiger partial charge on any atom is -0.544 e. The van der Waals surface area contributed by atoms with Crippen LogP contribution in [0.1, 0.15) is 44.7 Å². The molecular weight excluding hydrogens is 322 g/mol. The number of nitrogens with two attached hydrogens (primary N) is 1. The Morgan fingerprint density at radius 3 is 2.68 bits per heavy atom. The lowest BCUT2D eigenvalue weighted by Crippen LogP contribution is -2.93. The normalized spacial score (nSPS) is 13.7. The van der Waals surface area contributed by atoms with Crippen molar-refractivity contribution in [2.75, 3.05) is 0 Å². The first-order chi connectivity index (χ1) is 11.9. The van der Waals surface area contributed by atoms with E-state index in [1.54, 1.807) is 17.4 Å². The van der Waals surface area contributed by atoms with E-state index in [9.17, 15) is 19.8 Å². The van der Waals surface area contributed by atoms with Crippen molar-refractivity contribution in [2.24, 2.45) is 5.92 Å². The number of carbonyl (C=O) groups excluding carboxylic acids is 1. The molecule has 2 rings (SSSR count). The van der Waals surface area contributed by atoms with E-state index in [1.807, 2.05) is 20.8 Å². The average Bonchev–Trinajstić information content (AvgIpc) is 2.56. The molecule has 0 radical (unpaired) electrons. The Balaban J connectivity index is 2.45. The Morgan fingerprint density at radius 1 is 1.36 bits per heavy atom. The Hall–Kier alpha value is -2.34. The van der Waals surface area contributed by atoms with Gasteiger partial charge in [0.15, 0.2) is 5.58 Å². The van der Waals surface area contributed by atoms with Crippen LogP contribution in [0.3, 0.4) is 0 Å². The van der Waals surface area contributed by atoms with Gasteiger partial charge >= 0.3 is 5.63 Å². The molecule has 1 heterocycles. The van der Waals surface area contributed by atoms with Crippen molar-refractivity contribution in [1.82, 2.24) is 0 Å². The molecule has 0 bridgehead atoms. The van der Waals surface area contributed by atoms with E-state index in [4.69, 9.17) is 4.42 Å². The second-order valence-corrected chi connectivity index (χ2v) is 6.45. The van der Waals surface area contributed by atoms with Gasteiger partial charge in [-0.15, -0.1) is 0 Å². The predicted octanol–water partition coefficient (Wildman–Crippen LogP) is 0.679. The van der Waals surface area contributed by atoms with E-state index in [-0.39, 0.29) is 18.2 Å². The molecule has 3 N–H and O–H groups in total. The number of aliphatic carboxylic acids is 1. The number of quaternary nitrogens is 1. The fourth-order valence-electron chi connectivity index (χ4n) is 3.07. The van der Waals surface area contributed by atoms with E-state index in [2.05, 4.69) is 0 Å². The number of phenolic OH excluding ortho intramolecular Hbond substituents is 1. The second-order valence-electron chi connectivity index (χ2n) is 6.45. The van der Waals surface area contributed by atoms with Crippen LogP contribution in [0.2, 0.25) is 0 Å². The SMILES string of the molecule is CCCc1cc(=O)oc2c(C[NH2+][C@H](C(=O)[O-])[C@@H](C)CC)c(O)ccc12. The maximum Gasteiger partial charge on any atom is 0.336 e. The molecule has 1 aromatic heterocycles. The van der Waals surface area contributed by atoms with Crippen molar-refractivity contribution in [2.45, 2.75) is 52.6 Å². The first-order valence-electron chi connectivity index (χ1n) is 8.70. The van der Waals surface area contributed by atoms with Gasteiger partial charge in [-0.1, -0.05) is 27.2 Å². The largest absolute Gasteiger partial charge is 0.544 e. The van der Waals surface area contributed by atoms with Gasteiger partial charge in [0.1, 0.15) is 18.3 Å². The number of hydrogen-bond acceptors (Lipinski definition) is 5. The number of aromatic hydroxyl groups is 1. The highest BCUT2D eigenvalue weighted by molar-refractivity contribution is 5.85. The number of carboxylic acid groups (broad SMARTS) is 1. The third-order valence-electron chi connectivity index (χ3n) is 4.70. The third kappa shape index (κ3) is 4.20. The van der Waals surface area contributed by atoms with E-state index in [0.29, 0.717) is 17.6 Å². The maximum atomic E-state index is 11.9. The molecule has 0 aliphatic heterocycles.